The number of aromatic hydroxyl groups is 1. The lowest BCUT2D eigenvalue weighted by Crippen LogP contribution is -2.34. The van der Waals surface area contributed by atoms with Crippen molar-refractivity contribution in [1.82, 2.24) is 20.0 Å². The summed E-state index contributed by atoms with van der Waals surface area (Å²) < 4.78 is 13.9. The fraction of sp³-hybridized carbons (Fsp3) is 0.314. The van der Waals surface area contributed by atoms with E-state index in [-0.39, 0.29) is 28.2 Å². The van der Waals surface area contributed by atoms with Gasteiger partial charge < -0.3 is 29.7 Å². The summed E-state index contributed by atoms with van der Waals surface area (Å²) in [5, 5.41) is 20.7. The van der Waals surface area contributed by atoms with Gasteiger partial charge in [-0.05, 0) is 55.2 Å². The number of nitrogens with one attached hydrogen (secondary N) is 2. The number of phenols is 1. The van der Waals surface area contributed by atoms with E-state index in [0.29, 0.717) is 29.7 Å². The summed E-state index contributed by atoms with van der Waals surface area (Å²) in [7, 11) is 0. The molecule has 10 nitrogen and oxygen atoms in total. The van der Waals surface area contributed by atoms with Crippen LogP contribution < -0.4 is 20.3 Å². The van der Waals surface area contributed by atoms with Crippen molar-refractivity contribution < 1.29 is 19.4 Å². The average molecular weight is 673 g/mol. The quantitative estimate of drug-likeness (QED) is 0.156. The number of phenolic OH excluding ortho intramolecular Hbond substituents is 1. The van der Waals surface area contributed by atoms with Crippen molar-refractivity contribution in [2.75, 3.05) is 23.6 Å². The van der Waals surface area contributed by atoms with Crippen LogP contribution in [0.3, 0.4) is 0 Å². The minimum absolute atomic E-state index is 0.0289. The second-order valence-corrected chi connectivity index (χ2v) is 14.5. The van der Waals surface area contributed by atoms with Gasteiger partial charge in [0.15, 0.2) is 5.50 Å². The smallest absolute Gasteiger partial charge is 0.320 e. The summed E-state index contributed by atoms with van der Waals surface area (Å²) in [5.74, 6) is 2.54. The van der Waals surface area contributed by atoms with Crippen molar-refractivity contribution in [2.24, 2.45) is 5.92 Å². The average Bonchev–Trinajstić information content (AvgIpc) is 3.45. The van der Waals surface area contributed by atoms with E-state index in [9.17, 15) is 9.90 Å². The number of para-hydroxylation sites is 1. The van der Waals surface area contributed by atoms with Gasteiger partial charge in [0.1, 0.15) is 29.8 Å². The van der Waals surface area contributed by atoms with Crippen LogP contribution in [0, 0.1) is 5.92 Å². The lowest BCUT2D eigenvalue weighted by atomic mass is 9.92. The van der Waals surface area contributed by atoms with Gasteiger partial charge in [0, 0.05) is 47.0 Å². The molecule has 1 atom stereocenters. The Morgan fingerprint density at radius 2 is 1.91 bits per heavy atom. The standard InChI is InChI=1S/C35H37ClN6O4S/c1-35(2,3)31-18-32(42(39-31)24-10-12-28(43)26(36)16-24)38-33(44)37-19-23-6-4-5-7-29(23)46-25-11-13-30-27(17-25)41-15-14-40(34(41)47-30)21-45-20-22-8-9-22/h4-7,10-18,22,34,43H,8-9,19-21H2,1-3H3,(H2,37,38,44). The second kappa shape index (κ2) is 12.7. The number of fused-ring (bicyclic) bond motifs is 3. The highest BCUT2D eigenvalue weighted by Crippen LogP contribution is 2.49. The summed E-state index contributed by atoms with van der Waals surface area (Å²) >= 11 is 7.98. The van der Waals surface area contributed by atoms with Gasteiger partial charge in [0.05, 0.1) is 28.7 Å². The number of hydrogen-bond donors (Lipinski definition) is 3. The van der Waals surface area contributed by atoms with E-state index in [1.807, 2.05) is 57.2 Å². The van der Waals surface area contributed by atoms with Crippen molar-refractivity contribution >= 4 is 40.9 Å². The van der Waals surface area contributed by atoms with Crippen molar-refractivity contribution in [2.45, 2.75) is 56.0 Å². The Kier molecular flexibility index (Phi) is 8.46. The van der Waals surface area contributed by atoms with E-state index in [2.05, 4.69) is 45.0 Å². The molecule has 1 fully saturated rings. The molecule has 1 unspecified atom stereocenters. The summed E-state index contributed by atoms with van der Waals surface area (Å²) in [6, 6.07) is 20.0. The Hall–Kier alpha value is -4.32. The number of aromatic nitrogens is 2. The number of benzene rings is 3. The maximum Gasteiger partial charge on any atom is 0.320 e. The van der Waals surface area contributed by atoms with E-state index in [0.717, 1.165) is 29.5 Å². The van der Waals surface area contributed by atoms with Crippen LogP contribution in [-0.4, -0.2) is 44.7 Å². The number of nitrogens with zero attached hydrogens (tertiary/aromatic N) is 4. The van der Waals surface area contributed by atoms with Gasteiger partial charge >= 0.3 is 6.03 Å². The Morgan fingerprint density at radius 3 is 2.70 bits per heavy atom. The number of hydrogen-bond acceptors (Lipinski definition) is 8. The lowest BCUT2D eigenvalue weighted by Gasteiger charge is -2.25. The molecule has 12 heteroatoms. The summed E-state index contributed by atoms with van der Waals surface area (Å²) in [5.41, 5.74) is 3.18. The molecule has 0 bridgehead atoms. The van der Waals surface area contributed by atoms with Gasteiger partial charge in [-0.1, -0.05) is 62.3 Å². The van der Waals surface area contributed by atoms with E-state index in [1.54, 1.807) is 28.6 Å². The first-order chi connectivity index (χ1) is 22.6. The number of thioether (sulfide) groups is 1. The molecule has 3 aliphatic rings. The molecule has 0 spiro atoms. The van der Waals surface area contributed by atoms with Crippen LogP contribution in [-0.2, 0) is 16.7 Å². The van der Waals surface area contributed by atoms with Crippen LogP contribution >= 0.6 is 23.4 Å². The van der Waals surface area contributed by atoms with E-state index in [1.165, 1.54) is 23.8 Å². The molecule has 4 aromatic rings. The largest absolute Gasteiger partial charge is 0.506 e. The van der Waals surface area contributed by atoms with Crippen LogP contribution in [0.1, 0.15) is 44.9 Å². The SMILES string of the molecule is CC(C)(C)c1cc(NC(=O)NCc2ccccc2Oc2ccc3c(c2)N2C=CN(COCC4CC4)C2S3)n(-c2ccc(O)c(Cl)c2)n1. The molecule has 1 saturated carbocycles. The summed E-state index contributed by atoms with van der Waals surface area (Å²) in [6.07, 6.45) is 6.74. The highest BCUT2D eigenvalue weighted by Gasteiger charge is 2.36. The normalized spacial score (nSPS) is 16.7. The van der Waals surface area contributed by atoms with Crippen LogP contribution in [0.4, 0.5) is 16.3 Å². The maximum absolute atomic E-state index is 13.2. The summed E-state index contributed by atoms with van der Waals surface area (Å²) in [6.45, 7) is 7.79. The number of urea groups is 1. The van der Waals surface area contributed by atoms with Gasteiger partial charge in [-0.15, -0.1) is 0 Å². The van der Waals surface area contributed by atoms with Crippen molar-refractivity contribution in [3.63, 3.8) is 0 Å². The number of rotatable bonds is 10. The number of ether oxygens (including phenoxy) is 2. The van der Waals surface area contributed by atoms with Crippen LogP contribution in [0.15, 0.2) is 84.0 Å². The predicted octanol–water partition coefficient (Wildman–Crippen LogP) is 8.01. The van der Waals surface area contributed by atoms with Crippen LogP contribution in [0.5, 0.6) is 17.2 Å². The zero-order valence-corrected chi connectivity index (χ0v) is 28.0. The van der Waals surface area contributed by atoms with Crippen molar-refractivity contribution in [3.8, 4) is 22.9 Å². The molecule has 7 rings (SSSR count). The molecule has 1 aliphatic carbocycles. The number of carbonyl (C=O) groups is 1. The molecule has 3 N–H and O–H groups in total. The highest BCUT2D eigenvalue weighted by molar-refractivity contribution is 8.00. The molecule has 0 saturated heterocycles. The molecular weight excluding hydrogens is 636 g/mol. The molecule has 0 radical (unpaired) electrons. The number of anilines is 2. The minimum atomic E-state index is -0.404. The molecule has 3 heterocycles. The third-order valence-corrected chi connectivity index (χ3v) is 9.82. The predicted molar refractivity (Wildman–Crippen MR) is 184 cm³/mol. The number of halogens is 1. The molecule has 3 aromatic carbocycles. The summed E-state index contributed by atoms with van der Waals surface area (Å²) in [4.78, 5) is 18.8. The molecular formula is C35H37ClN6O4S. The molecule has 2 amide bonds. The monoisotopic (exact) mass is 672 g/mol. The Bertz CT molecular complexity index is 1830. The first kappa shape index (κ1) is 31.3. The van der Waals surface area contributed by atoms with Gasteiger partial charge in [-0.3, -0.25) is 5.32 Å². The Morgan fingerprint density at radius 1 is 1.09 bits per heavy atom. The van der Waals surface area contributed by atoms with E-state index < -0.39 is 6.03 Å². The number of amides is 2. The zero-order valence-electron chi connectivity index (χ0n) is 26.4. The van der Waals surface area contributed by atoms with Gasteiger partial charge in [-0.2, -0.15) is 5.10 Å². The van der Waals surface area contributed by atoms with Gasteiger partial charge in [-0.25, -0.2) is 9.48 Å². The zero-order chi connectivity index (χ0) is 32.7. The topological polar surface area (TPSA) is 104 Å². The molecule has 47 heavy (non-hydrogen) atoms. The van der Waals surface area contributed by atoms with E-state index >= 15 is 0 Å². The maximum atomic E-state index is 13.2. The van der Waals surface area contributed by atoms with Gasteiger partial charge in [0.25, 0.3) is 0 Å². The van der Waals surface area contributed by atoms with E-state index in [4.69, 9.17) is 26.2 Å². The third-order valence-electron chi connectivity index (χ3n) is 8.21. The Balaban J connectivity index is 1.01. The molecule has 1 aromatic heterocycles. The van der Waals surface area contributed by atoms with Crippen LogP contribution in [0.25, 0.3) is 5.69 Å². The van der Waals surface area contributed by atoms with Gasteiger partial charge in [0.2, 0.25) is 0 Å². The first-order valence-electron chi connectivity index (χ1n) is 15.6. The van der Waals surface area contributed by atoms with Crippen molar-refractivity contribution in [3.05, 3.63) is 95.4 Å². The fourth-order valence-corrected chi connectivity index (χ4v) is 6.75. The van der Waals surface area contributed by atoms with Crippen molar-refractivity contribution in [1.29, 1.82) is 0 Å². The molecule has 244 valence electrons. The minimum Gasteiger partial charge on any atom is -0.506 e. The second-order valence-electron chi connectivity index (χ2n) is 13.0. The number of carbonyl (C=O) groups excluding carboxylic acids is 1. The first-order valence-corrected chi connectivity index (χ1v) is 16.9. The van der Waals surface area contributed by atoms with Crippen LogP contribution in [0.2, 0.25) is 5.02 Å². The Labute approximate surface area is 283 Å². The highest BCUT2D eigenvalue weighted by atomic mass is 35.5. The third kappa shape index (κ3) is 6.88. The lowest BCUT2D eigenvalue weighted by molar-refractivity contribution is 0.0477. The molecule has 2 aliphatic heterocycles. The fourth-order valence-electron chi connectivity index (χ4n) is 5.35.